The van der Waals surface area contributed by atoms with Crippen LogP contribution >= 0.6 is 23.1 Å². The van der Waals surface area contributed by atoms with E-state index in [0.717, 1.165) is 33.2 Å². The molecule has 2 aromatic rings. The maximum absolute atomic E-state index is 12.9. The van der Waals surface area contributed by atoms with Crippen molar-refractivity contribution in [3.8, 4) is 0 Å². The van der Waals surface area contributed by atoms with Crippen molar-refractivity contribution < 1.29 is 9.59 Å². The van der Waals surface area contributed by atoms with Crippen LogP contribution in [-0.4, -0.2) is 22.6 Å². The van der Waals surface area contributed by atoms with Gasteiger partial charge < -0.3 is 0 Å². The summed E-state index contributed by atoms with van der Waals surface area (Å²) in [6.45, 7) is 2.15. The van der Waals surface area contributed by atoms with Crippen LogP contribution in [0.2, 0.25) is 0 Å². The second-order valence-corrected chi connectivity index (χ2v) is 9.36. The molecular weight excluding hydrogens is 352 g/mol. The van der Waals surface area contributed by atoms with Gasteiger partial charge in [0, 0.05) is 5.75 Å². The number of carbonyl (C=O) groups excluding carboxylic acids is 2. The molecular formula is C19H18N2O2S2. The molecule has 2 bridgehead atoms. The molecule has 0 spiro atoms. The van der Waals surface area contributed by atoms with Gasteiger partial charge in [-0.2, -0.15) is 0 Å². The van der Waals surface area contributed by atoms with Crippen molar-refractivity contribution in [2.45, 2.75) is 24.1 Å². The highest BCUT2D eigenvalue weighted by Gasteiger charge is 2.59. The van der Waals surface area contributed by atoms with Gasteiger partial charge in [-0.3, -0.25) is 9.59 Å². The molecule has 2 heterocycles. The molecule has 1 aliphatic heterocycles. The Labute approximate surface area is 154 Å². The lowest BCUT2D eigenvalue weighted by Gasteiger charge is -2.17. The van der Waals surface area contributed by atoms with E-state index in [4.69, 9.17) is 0 Å². The number of thiazole rings is 1. The summed E-state index contributed by atoms with van der Waals surface area (Å²) in [6, 6.07) is 5.75. The van der Waals surface area contributed by atoms with Crippen molar-refractivity contribution in [3.63, 3.8) is 0 Å². The number of rotatable bonds is 4. The number of imide groups is 1. The van der Waals surface area contributed by atoms with Gasteiger partial charge in [0.2, 0.25) is 11.8 Å². The Morgan fingerprint density at radius 3 is 2.60 bits per heavy atom. The topological polar surface area (TPSA) is 50.3 Å². The molecule has 0 N–H and O–H groups in total. The molecule has 1 saturated carbocycles. The van der Waals surface area contributed by atoms with Crippen LogP contribution in [0, 0.1) is 23.7 Å². The van der Waals surface area contributed by atoms with E-state index in [-0.39, 0.29) is 35.5 Å². The van der Waals surface area contributed by atoms with E-state index >= 15 is 0 Å². The van der Waals surface area contributed by atoms with Gasteiger partial charge in [-0.05, 0) is 42.9 Å². The third kappa shape index (κ3) is 2.23. The molecule has 6 heteroatoms. The van der Waals surface area contributed by atoms with Crippen LogP contribution in [0.3, 0.4) is 0 Å². The smallest absolute Gasteiger partial charge is 0.238 e. The summed E-state index contributed by atoms with van der Waals surface area (Å²) in [5.74, 6) is 1.23. The van der Waals surface area contributed by atoms with Crippen LogP contribution in [-0.2, 0) is 9.59 Å². The summed E-state index contributed by atoms with van der Waals surface area (Å²) in [7, 11) is 0. The zero-order valence-corrected chi connectivity index (χ0v) is 15.5. The zero-order valence-electron chi connectivity index (χ0n) is 13.8. The molecule has 1 saturated heterocycles. The monoisotopic (exact) mass is 370 g/mol. The first kappa shape index (κ1) is 15.6. The minimum absolute atomic E-state index is 0.0173. The van der Waals surface area contributed by atoms with Crippen LogP contribution in [0.1, 0.15) is 19.8 Å². The average molecular weight is 370 g/mol. The van der Waals surface area contributed by atoms with Crippen molar-refractivity contribution in [2.75, 3.05) is 10.7 Å². The number of anilines is 1. The summed E-state index contributed by atoms with van der Waals surface area (Å²) in [6.07, 6.45) is 6.34. The van der Waals surface area contributed by atoms with Gasteiger partial charge in [0.25, 0.3) is 0 Å². The number of fused-ring (bicyclic) bond motifs is 6. The predicted octanol–water partition coefficient (Wildman–Crippen LogP) is 4.11. The van der Waals surface area contributed by atoms with Gasteiger partial charge >= 0.3 is 0 Å². The zero-order chi connectivity index (χ0) is 17.1. The van der Waals surface area contributed by atoms with Gasteiger partial charge in [-0.15, -0.1) is 11.3 Å². The highest BCUT2D eigenvalue weighted by Crippen LogP contribution is 2.53. The van der Waals surface area contributed by atoms with Crippen LogP contribution in [0.5, 0.6) is 0 Å². The van der Waals surface area contributed by atoms with E-state index in [2.05, 4.69) is 24.1 Å². The minimum atomic E-state index is -0.143. The Morgan fingerprint density at radius 1 is 1.20 bits per heavy atom. The van der Waals surface area contributed by atoms with Gasteiger partial charge in [0.1, 0.15) is 0 Å². The Balaban J connectivity index is 1.49. The van der Waals surface area contributed by atoms with E-state index in [9.17, 15) is 9.59 Å². The molecule has 1 aromatic carbocycles. The number of allylic oxidation sites excluding steroid dienone is 2. The van der Waals surface area contributed by atoms with Gasteiger partial charge in [-0.1, -0.05) is 30.8 Å². The number of hydrogen-bond acceptors (Lipinski definition) is 5. The fourth-order valence-electron chi connectivity index (χ4n) is 4.44. The molecule has 128 valence electrons. The summed E-state index contributed by atoms with van der Waals surface area (Å²) in [5.41, 5.74) is 1.64. The van der Waals surface area contributed by atoms with Crippen LogP contribution < -0.4 is 4.90 Å². The lowest BCUT2D eigenvalue weighted by molar-refractivity contribution is -0.123. The van der Waals surface area contributed by atoms with Crippen LogP contribution in [0.4, 0.5) is 5.69 Å². The molecule has 2 fully saturated rings. The van der Waals surface area contributed by atoms with Crippen molar-refractivity contribution in [3.05, 3.63) is 30.4 Å². The highest BCUT2D eigenvalue weighted by molar-refractivity contribution is 8.01. The largest absolute Gasteiger partial charge is 0.274 e. The Hall–Kier alpha value is -1.66. The number of nitrogens with zero attached hydrogens (tertiary/aromatic N) is 2. The third-order valence-corrected chi connectivity index (χ3v) is 7.88. The van der Waals surface area contributed by atoms with E-state index in [1.54, 1.807) is 23.1 Å². The lowest BCUT2D eigenvalue weighted by Crippen LogP contribution is -2.32. The first-order valence-corrected chi connectivity index (χ1v) is 10.6. The van der Waals surface area contributed by atoms with E-state index < -0.39 is 0 Å². The van der Waals surface area contributed by atoms with Crippen LogP contribution in [0.15, 0.2) is 34.7 Å². The molecule has 3 aliphatic rings. The number of hydrogen-bond donors (Lipinski definition) is 0. The molecule has 25 heavy (non-hydrogen) atoms. The van der Waals surface area contributed by atoms with Gasteiger partial charge in [0.15, 0.2) is 4.34 Å². The Morgan fingerprint density at radius 2 is 1.92 bits per heavy atom. The summed E-state index contributed by atoms with van der Waals surface area (Å²) in [5, 5.41) is 0. The highest BCUT2D eigenvalue weighted by atomic mass is 32.2. The SMILES string of the molecule is CCCSc1nc2ccc(N3C(=O)[C@@H]4[C@H](C3=O)[C@H]3C=C[C@H]4C3)cc2s1. The maximum atomic E-state index is 12.9. The Kier molecular flexibility index (Phi) is 3.54. The van der Waals surface area contributed by atoms with Gasteiger partial charge in [-0.25, -0.2) is 9.88 Å². The predicted molar refractivity (Wildman–Crippen MR) is 101 cm³/mol. The second-order valence-electron chi connectivity index (χ2n) is 6.99. The second kappa shape index (κ2) is 5.68. The van der Waals surface area contributed by atoms with E-state index in [1.807, 2.05) is 18.2 Å². The number of amides is 2. The summed E-state index contributed by atoms with van der Waals surface area (Å²) < 4.78 is 2.09. The molecule has 2 aliphatic carbocycles. The molecule has 0 unspecified atom stereocenters. The first-order chi connectivity index (χ1) is 12.2. The molecule has 2 amide bonds. The summed E-state index contributed by atoms with van der Waals surface area (Å²) >= 11 is 3.40. The van der Waals surface area contributed by atoms with E-state index in [0.29, 0.717) is 5.69 Å². The van der Waals surface area contributed by atoms with Gasteiger partial charge in [0.05, 0.1) is 27.7 Å². The molecule has 0 radical (unpaired) electrons. The molecule has 4 atom stereocenters. The van der Waals surface area contributed by atoms with Crippen molar-refractivity contribution in [1.29, 1.82) is 0 Å². The molecule has 4 nitrogen and oxygen atoms in total. The van der Waals surface area contributed by atoms with Crippen molar-refractivity contribution in [2.24, 2.45) is 23.7 Å². The number of carbonyl (C=O) groups is 2. The van der Waals surface area contributed by atoms with E-state index in [1.165, 1.54) is 4.90 Å². The maximum Gasteiger partial charge on any atom is 0.238 e. The lowest BCUT2D eigenvalue weighted by atomic mass is 9.85. The normalized spacial score (nSPS) is 30.0. The third-order valence-electron chi connectivity index (χ3n) is 5.51. The minimum Gasteiger partial charge on any atom is -0.274 e. The summed E-state index contributed by atoms with van der Waals surface area (Å²) in [4.78, 5) is 31.9. The number of benzene rings is 1. The fraction of sp³-hybridized carbons (Fsp3) is 0.421. The Bertz CT molecular complexity index is 889. The van der Waals surface area contributed by atoms with Crippen LogP contribution in [0.25, 0.3) is 10.2 Å². The fourth-order valence-corrected chi connectivity index (χ4v) is 6.47. The number of thioether (sulfide) groups is 1. The number of aromatic nitrogens is 1. The first-order valence-electron chi connectivity index (χ1n) is 8.77. The standard InChI is InChI=1S/C19H18N2O2S2/c1-2-7-24-19-20-13-6-5-12(9-14(13)25-19)21-17(22)15-10-3-4-11(8-10)16(15)18(21)23/h3-6,9-11,15-16H,2,7-8H2,1H3/t10-,11-,15-,16+/m0/s1. The van der Waals surface area contributed by atoms with Crippen molar-refractivity contribution >= 4 is 50.8 Å². The molecule has 5 rings (SSSR count). The quantitative estimate of drug-likeness (QED) is 0.462. The average Bonchev–Trinajstić information content (AvgIpc) is 3.35. The molecule has 1 aromatic heterocycles. The van der Waals surface area contributed by atoms with Crippen molar-refractivity contribution in [1.82, 2.24) is 4.98 Å².